The number of hydrogen-bond acceptors (Lipinski definition) is 7. The van der Waals surface area contributed by atoms with Crippen molar-refractivity contribution < 1.29 is 31.8 Å². The Morgan fingerprint density at radius 1 is 1.09 bits per heavy atom. The van der Waals surface area contributed by atoms with Crippen LogP contribution in [0.3, 0.4) is 0 Å². The Morgan fingerprint density at radius 2 is 1.85 bits per heavy atom. The lowest BCUT2D eigenvalue weighted by Crippen LogP contribution is -2.62. The Bertz CT molecular complexity index is 1060. The Balaban J connectivity index is 1.43. The number of aliphatic hydroxyl groups is 2. The lowest BCUT2D eigenvalue weighted by molar-refractivity contribution is -0.204. The Kier molecular flexibility index (Phi) is 5.42. The van der Waals surface area contributed by atoms with Crippen LogP contribution in [0.15, 0.2) is 27.6 Å². The molecule has 0 saturated heterocycles. The Labute approximate surface area is 194 Å². The summed E-state index contributed by atoms with van der Waals surface area (Å²) in [4.78, 5) is 11.5. The molecule has 0 aromatic carbocycles. The molecule has 4 fully saturated rings. The summed E-state index contributed by atoms with van der Waals surface area (Å²) in [7, 11) is -4.47. The van der Waals surface area contributed by atoms with Gasteiger partial charge in [-0.3, -0.25) is 4.55 Å². The molecule has 33 heavy (non-hydrogen) atoms. The van der Waals surface area contributed by atoms with E-state index in [0.29, 0.717) is 19.3 Å². The van der Waals surface area contributed by atoms with Crippen LogP contribution < -0.4 is 5.63 Å². The first kappa shape index (κ1) is 23.5. The second-order valence-electron chi connectivity index (χ2n) is 11.4. The summed E-state index contributed by atoms with van der Waals surface area (Å²) in [6.45, 7) is 4.33. The van der Waals surface area contributed by atoms with Crippen molar-refractivity contribution in [2.45, 2.75) is 88.9 Å². The fourth-order valence-electron chi connectivity index (χ4n) is 8.62. The second kappa shape index (κ2) is 7.62. The van der Waals surface area contributed by atoms with Crippen molar-refractivity contribution in [3.63, 3.8) is 0 Å². The molecule has 8 nitrogen and oxygen atoms in total. The molecule has 9 atom stereocenters. The first-order chi connectivity index (χ1) is 15.4. The smallest absolute Gasteiger partial charge is 0.397 e. The fourth-order valence-corrected chi connectivity index (χ4v) is 9.14. The average molecular weight is 483 g/mol. The van der Waals surface area contributed by atoms with Gasteiger partial charge in [0.1, 0.15) is 0 Å². The molecule has 4 aliphatic carbocycles. The maximum atomic E-state index is 12.2. The van der Waals surface area contributed by atoms with Crippen molar-refractivity contribution in [1.82, 2.24) is 0 Å². The highest BCUT2D eigenvalue weighted by Gasteiger charge is 2.69. The van der Waals surface area contributed by atoms with Gasteiger partial charge in [0, 0.05) is 23.8 Å². The van der Waals surface area contributed by atoms with E-state index >= 15 is 0 Å². The minimum absolute atomic E-state index is 0.0342. The molecule has 0 bridgehead atoms. The molecule has 0 spiro atoms. The van der Waals surface area contributed by atoms with Gasteiger partial charge in [-0.1, -0.05) is 13.8 Å². The van der Waals surface area contributed by atoms with Gasteiger partial charge < -0.3 is 14.6 Å². The minimum Gasteiger partial charge on any atom is -0.431 e. The molecule has 1 heterocycles. The van der Waals surface area contributed by atoms with Gasteiger partial charge in [-0.2, -0.15) is 8.42 Å². The van der Waals surface area contributed by atoms with Crippen LogP contribution in [-0.2, 0) is 14.6 Å². The molecule has 184 valence electrons. The number of hydrogen-bond donors (Lipinski definition) is 3. The van der Waals surface area contributed by atoms with Crippen molar-refractivity contribution in [3.05, 3.63) is 34.4 Å². The molecule has 9 heteroatoms. The number of rotatable bonds is 3. The van der Waals surface area contributed by atoms with E-state index in [1.54, 1.807) is 6.07 Å². The molecular weight excluding hydrogens is 448 g/mol. The van der Waals surface area contributed by atoms with Crippen molar-refractivity contribution >= 4 is 10.4 Å². The van der Waals surface area contributed by atoms with Crippen LogP contribution >= 0.6 is 0 Å². The van der Waals surface area contributed by atoms with E-state index in [1.807, 2.05) is 0 Å². The zero-order valence-electron chi connectivity index (χ0n) is 19.1. The molecule has 4 saturated carbocycles. The lowest BCUT2D eigenvalue weighted by Gasteiger charge is -2.63. The molecule has 1 aromatic heterocycles. The highest BCUT2D eigenvalue weighted by Crippen LogP contribution is 2.70. The lowest BCUT2D eigenvalue weighted by atomic mass is 9.43. The molecular formula is C24H34O8S. The van der Waals surface area contributed by atoms with E-state index in [-0.39, 0.29) is 29.1 Å². The summed E-state index contributed by atoms with van der Waals surface area (Å²) in [5.74, 6) is 0.252. The van der Waals surface area contributed by atoms with Crippen molar-refractivity contribution in [2.24, 2.45) is 28.6 Å². The highest BCUT2D eigenvalue weighted by molar-refractivity contribution is 7.80. The summed E-state index contributed by atoms with van der Waals surface area (Å²) in [5.41, 5.74) is -1.31. The molecule has 4 aliphatic rings. The van der Waals surface area contributed by atoms with Crippen molar-refractivity contribution in [1.29, 1.82) is 0 Å². The summed E-state index contributed by atoms with van der Waals surface area (Å²) in [5, 5.41) is 23.4. The Hall–Kier alpha value is -1.26. The van der Waals surface area contributed by atoms with Gasteiger partial charge in [0.15, 0.2) is 0 Å². The first-order valence-electron chi connectivity index (χ1n) is 12.0. The fraction of sp³-hybridized carbons (Fsp3) is 0.792. The van der Waals surface area contributed by atoms with Crippen LogP contribution in [0.5, 0.6) is 0 Å². The zero-order chi connectivity index (χ0) is 23.8. The molecule has 0 amide bonds. The normalized spacial score (nSPS) is 47.4. The third-order valence-electron chi connectivity index (χ3n) is 10.2. The predicted molar refractivity (Wildman–Crippen MR) is 119 cm³/mol. The monoisotopic (exact) mass is 482 g/mol. The molecule has 3 N–H and O–H groups in total. The SMILES string of the molecule is C[C@]12CC[C@H](OS(=O)(=O)O)C[C@H]1CC[C@@H]1[C@@H]2CC[C@]2(C)[C@@H](c3ccc(=O)oc3)[C@@H](O)C[C@]12O. The molecule has 5 rings (SSSR count). The largest absolute Gasteiger partial charge is 0.431 e. The molecule has 1 aromatic rings. The van der Waals surface area contributed by atoms with Crippen LogP contribution in [0.2, 0.25) is 0 Å². The van der Waals surface area contributed by atoms with E-state index in [1.165, 1.54) is 12.3 Å². The topological polar surface area (TPSA) is 134 Å². The van der Waals surface area contributed by atoms with E-state index in [9.17, 15) is 23.4 Å². The maximum Gasteiger partial charge on any atom is 0.397 e. The third kappa shape index (κ3) is 3.54. The van der Waals surface area contributed by atoms with Crippen LogP contribution in [0, 0.1) is 28.6 Å². The summed E-state index contributed by atoms with van der Waals surface area (Å²) < 4.78 is 41.6. The first-order valence-corrected chi connectivity index (χ1v) is 13.4. The quantitative estimate of drug-likeness (QED) is 0.560. The van der Waals surface area contributed by atoms with E-state index in [0.717, 1.165) is 37.7 Å². The van der Waals surface area contributed by atoms with Crippen LogP contribution in [0.4, 0.5) is 0 Å². The maximum absolute atomic E-state index is 12.2. The molecule has 0 unspecified atom stereocenters. The second-order valence-corrected chi connectivity index (χ2v) is 12.5. The summed E-state index contributed by atoms with van der Waals surface area (Å²) in [6.07, 6.45) is 5.73. The van der Waals surface area contributed by atoms with Gasteiger partial charge in [-0.15, -0.1) is 0 Å². The molecule has 0 radical (unpaired) electrons. The van der Waals surface area contributed by atoms with Gasteiger partial charge in [-0.05, 0) is 79.7 Å². The third-order valence-corrected chi connectivity index (χ3v) is 10.7. The van der Waals surface area contributed by atoms with Gasteiger partial charge in [-0.25, -0.2) is 8.98 Å². The highest BCUT2D eigenvalue weighted by atomic mass is 32.3. The van der Waals surface area contributed by atoms with Crippen molar-refractivity contribution in [2.75, 3.05) is 0 Å². The van der Waals surface area contributed by atoms with Gasteiger partial charge in [0.05, 0.1) is 24.1 Å². The minimum atomic E-state index is -4.47. The van der Waals surface area contributed by atoms with Crippen LogP contribution in [0.1, 0.15) is 76.7 Å². The number of aliphatic hydroxyl groups excluding tert-OH is 1. The predicted octanol–water partition coefficient (Wildman–Crippen LogP) is 3.04. The van der Waals surface area contributed by atoms with E-state index < -0.39 is 39.2 Å². The zero-order valence-corrected chi connectivity index (χ0v) is 20.0. The summed E-state index contributed by atoms with van der Waals surface area (Å²) >= 11 is 0. The van der Waals surface area contributed by atoms with Crippen LogP contribution in [0.25, 0.3) is 0 Å². The number of fused-ring (bicyclic) bond motifs is 5. The molecule has 0 aliphatic heterocycles. The van der Waals surface area contributed by atoms with Gasteiger partial charge >= 0.3 is 16.0 Å². The standard InChI is InChI=1S/C24H34O8S/c1-22-9-7-16(32-33(28,29)30)11-15(22)4-5-18-17(22)8-10-23(2)21(19(25)12-24(18,23)27)14-3-6-20(26)31-13-14/h3,6,13,15-19,21,25,27H,4-5,7-12H2,1-2H3,(H,28,29,30)/t15-,16+,17+,18-,19+,21+,22+,23-,24+/m1/s1. The van der Waals surface area contributed by atoms with Crippen LogP contribution in [-0.4, -0.2) is 41.0 Å². The Morgan fingerprint density at radius 3 is 2.52 bits per heavy atom. The van der Waals surface area contributed by atoms with E-state index in [4.69, 9.17) is 13.2 Å². The van der Waals surface area contributed by atoms with Gasteiger partial charge in [0.25, 0.3) is 0 Å². The van der Waals surface area contributed by atoms with E-state index in [2.05, 4.69) is 13.8 Å². The van der Waals surface area contributed by atoms with Gasteiger partial charge in [0.2, 0.25) is 0 Å². The van der Waals surface area contributed by atoms with Crippen molar-refractivity contribution in [3.8, 4) is 0 Å². The summed E-state index contributed by atoms with van der Waals surface area (Å²) in [6, 6.07) is 3.07. The average Bonchev–Trinajstić information content (AvgIpc) is 2.93.